The number of aromatic nitrogens is 2. The summed E-state index contributed by atoms with van der Waals surface area (Å²) in [6.07, 6.45) is 5.67. The third kappa shape index (κ3) is 4.70. The standard InChI is InChI=1S/C24H31N5O2/c1-16-7-8-17(2)22(13-16)28-9-11-29(12-10-28)24(31)19-5-4-6-20(19)27-23(30)21-15-25-18(3)14-26-21/h7-8,13-15,19-20H,4-6,9-12H2,1-3H3,(H,27,30)/t19-,20+/m0/s1. The molecule has 7 heteroatoms. The molecular weight excluding hydrogens is 390 g/mol. The molecule has 1 aromatic carbocycles. The Labute approximate surface area is 183 Å². The number of carbonyl (C=O) groups is 2. The third-order valence-corrected chi connectivity index (χ3v) is 6.46. The van der Waals surface area contributed by atoms with Crippen molar-refractivity contribution in [3.05, 3.63) is 53.1 Å². The Morgan fingerprint density at radius 1 is 1.00 bits per heavy atom. The van der Waals surface area contributed by atoms with Gasteiger partial charge in [0.05, 0.1) is 17.8 Å². The Bertz CT molecular complexity index is 951. The predicted molar refractivity (Wildman–Crippen MR) is 120 cm³/mol. The van der Waals surface area contributed by atoms with Crippen molar-refractivity contribution in [2.75, 3.05) is 31.1 Å². The highest BCUT2D eigenvalue weighted by molar-refractivity contribution is 5.92. The van der Waals surface area contributed by atoms with E-state index in [1.54, 1.807) is 6.20 Å². The molecule has 4 rings (SSSR count). The number of rotatable bonds is 4. The van der Waals surface area contributed by atoms with Crippen LogP contribution in [0.5, 0.6) is 0 Å². The molecular formula is C24H31N5O2. The fourth-order valence-electron chi connectivity index (χ4n) is 4.64. The molecule has 2 heterocycles. The molecule has 1 aliphatic heterocycles. The summed E-state index contributed by atoms with van der Waals surface area (Å²) in [4.78, 5) is 38.5. The first-order chi connectivity index (χ1) is 14.9. The van der Waals surface area contributed by atoms with Crippen LogP contribution in [0.2, 0.25) is 0 Å². The van der Waals surface area contributed by atoms with Gasteiger partial charge in [-0.25, -0.2) is 4.98 Å². The highest BCUT2D eigenvalue weighted by atomic mass is 16.2. The predicted octanol–water partition coefficient (Wildman–Crippen LogP) is 2.65. The van der Waals surface area contributed by atoms with Gasteiger partial charge in [0.2, 0.25) is 5.91 Å². The lowest BCUT2D eigenvalue weighted by molar-refractivity contribution is -0.136. The monoisotopic (exact) mass is 421 g/mol. The number of amides is 2. The van der Waals surface area contributed by atoms with E-state index in [9.17, 15) is 9.59 Å². The zero-order valence-corrected chi connectivity index (χ0v) is 18.6. The number of hydrogen-bond acceptors (Lipinski definition) is 5. The summed E-state index contributed by atoms with van der Waals surface area (Å²) in [5.41, 5.74) is 4.85. The molecule has 0 radical (unpaired) electrons. The van der Waals surface area contributed by atoms with E-state index in [0.29, 0.717) is 18.8 Å². The SMILES string of the molecule is Cc1ccc(C)c(N2CCN(C(=O)[C@H]3CCC[C@H]3NC(=O)c3cnc(C)cn3)CC2)c1. The molecule has 2 fully saturated rings. The van der Waals surface area contributed by atoms with Gasteiger partial charge in [-0.3, -0.25) is 14.6 Å². The lowest BCUT2D eigenvalue weighted by Crippen LogP contribution is -2.53. The second-order valence-corrected chi connectivity index (χ2v) is 8.76. The topological polar surface area (TPSA) is 78.4 Å². The Hall–Kier alpha value is -2.96. The highest BCUT2D eigenvalue weighted by Crippen LogP contribution is 2.29. The Morgan fingerprint density at radius 3 is 2.48 bits per heavy atom. The van der Waals surface area contributed by atoms with Gasteiger partial charge in [-0.15, -0.1) is 0 Å². The molecule has 1 aromatic heterocycles. The number of piperazine rings is 1. The highest BCUT2D eigenvalue weighted by Gasteiger charge is 2.37. The summed E-state index contributed by atoms with van der Waals surface area (Å²) < 4.78 is 0. The summed E-state index contributed by atoms with van der Waals surface area (Å²) in [6.45, 7) is 9.17. The minimum absolute atomic E-state index is 0.139. The molecule has 1 aliphatic carbocycles. The molecule has 164 valence electrons. The first kappa shape index (κ1) is 21.3. The number of anilines is 1. The molecule has 0 unspecified atom stereocenters. The van der Waals surface area contributed by atoms with Crippen molar-refractivity contribution in [2.24, 2.45) is 5.92 Å². The van der Waals surface area contributed by atoms with Crippen LogP contribution in [0.4, 0.5) is 5.69 Å². The number of nitrogens with one attached hydrogen (secondary N) is 1. The fraction of sp³-hybridized carbons (Fsp3) is 0.500. The molecule has 31 heavy (non-hydrogen) atoms. The normalized spacial score (nSPS) is 21.3. The van der Waals surface area contributed by atoms with Gasteiger partial charge < -0.3 is 15.1 Å². The summed E-state index contributed by atoms with van der Waals surface area (Å²) >= 11 is 0. The lowest BCUT2D eigenvalue weighted by atomic mass is 10.0. The number of nitrogens with zero attached hydrogens (tertiary/aromatic N) is 4. The first-order valence-corrected chi connectivity index (χ1v) is 11.1. The molecule has 2 amide bonds. The van der Waals surface area contributed by atoms with E-state index in [2.05, 4.69) is 52.2 Å². The smallest absolute Gasteiger partial charge is 0.271 e. The molecule has 1 N–H and O–H groups in total. The Kier molecular flexibility index (Phi) is 6.20. The van der Waals surface area contributed by atoms with Crippen LogP contribution in [0.25, 0.3) is 0 Å². The van der Waals surface area contributed by atoms with Crippen molar-refractivity contribution >= 4 is 17.5 Å². The summed E-state index contributed by atoms with van der Waals surface area (Å²) in [5.74, 6) is -0.245. The van der Waals surface area contributed by atoms with E-state index in [-0.39, 0.29) is 23.8 Å². The van der Waals surface area contributed by atoms with Crippen LogP contribution in [0, 0.1) is 26.7 Å². The van der Waals surface area contributed by atoms with Crippen molar-refractivity contribution < 1.29 is 9.59 Å². The van der Waals surface area contributed by atoms with Gasteiger partial charge in [0.1, 0.15) is 5.69 Å². The van der Waals surface area contributed by atoms with E-state index >= 15 is 0 Å². The largest absolute Gasteiger partial charge is 0.368 e. The van der Waals surface area contributed by atoms with Gasteiger partial charge in [-0.2, -0.15) is 0 Å². The van der Waals surface area contributed by atoms with Crippen molar-refractivity contribution in [1.82, 2.24) is 20.2 Å². The second kappa shape index (κ2) is 9.04. The van der Waals surface area contributed by atoms with Crippen LogP contribution in [-0.4, -0.2) is 58.9 Å². The van der Waals surface area contributed by atoms with Gasteiger partial charge in [-0.1, -0.05) is 18.6 Å². The zero-order chi connectivity index (χ0) is 22.0. The van der Waals surface area contributed by atoms with Crippen molar-refractivity contribution in [2.45, 2.75) is 46.1 Å². The number of hydrogen-bond donors (Lipinski definition) is 1. The maximum atomic E-state index is 13.3. The van der Waals surface area contributed by atoms with Gasteiger partial charge in [0.15, 0.2) is 0 Å². The number of carbonyl (C=O) groups excluding carboxylic acids is 2. The average molecular weight is 422 g/mol. The van der Waals surface area contributed by atoms with E-state index < -0.39 is 0 Å². The molecule has 2 atom stereocenters. The maximum absolute atomic E-state index is 13.3. The lowest BCUT2D eigenvalue weighted by Gasteiger charge is -2.38. The van der Waals surface area contributed by atoms with Crippen LogP contribution >= 0.6 is 0 Å². The van der Waals surface area contributed by atoms with E-state index in [1.807, 2.05) is 11.8 Å². The van der Waals surface area contributed by atoms with Crippen LogP contribution in [0.3, 0.4) is 0 Å². The third-order valence-electron chi connectivity index (χ3n) is 6.46. The summed E-state index contributed by atoms with van der Waals surface area (Å²) in [7, 11) is 0. The van der Waals surface area contributed by atoms with Gasteiger partial charge >= 0.3 is 0 Å². The van der Waals surface area contributed by atoms with E-state index in [4.69, 9.17) is 0 Å². The second-order valence-electron chi connectivity index (χ2n) is 8.76. The van der Waals surface area contributed by atoms with Crippen molar-refractivity contribution in [3.63, 3.8) is 0 Å². The molecule has 7 nitrogen and oxygen atoms in total. The fourth-order valence-corrected chi connectivity index (χ4v) is 4.64. The van der Waals surface area contributed by atoms with E-state index in [0.717, 1.165) is 38.0 Å². The minimum Gasteiger partial charge on any atom is -0.368 e. The minimum atomic E-state index is -0.253. The quantitative estimate of drug-likeness (QED) is 0.821. The molecule has 1 saturated heterocycles. The molecule has 0 bridgehead atoms. The van der Waals surface area contributed by atoms with Crippen LogP contribution in [-0.2, 0) is 4.79 Å². The summed E-state index contributed by atoms with van der Waals surface area (Å²) in [6, 6.07) is 6.38. The molecule has 0 spiro atoms. The Morgan fingerprint density at radius 2 is 1.77 bits per heavy atom. The number of benzene rings is 1. The van der Waals surface area contributed by atoms with Gasteiger partial charge in [0.25, 0.3) is 5.91 Å². The average Bonchev–Trinajstić information content (AvgIpc) is 3.23. The molecule has 2 aromatic rings. The first-order valence-electron chi connectivity index (χ1n) is 11.1. The molecule has 1 saturated carbocycles. The summed E-state index contributed by atoms with van der Waals surface area (Å²) in [5, 5.41) is 3.03. The molecule has 2 aliphatic rings. The van der Waals surface area contributed by atoms with Crippen LogP contribution in [0.15, 0.2) is 30.6 Å². The Balaban J connectivity index is 1.36. The van der Waals surface area contributed by atoms with Gasteiger partial charge in [0, 0.05) is 44.1 Å². The van der Waals surface area contributed by atoms with Crippen molar-refractivity contribution in [3.8, 4) is 0 Å². The van der Waals surface area contributed by atoms with Gasteiger partial charge in [-0.05, 0) is 50.8 Å². The van der Waals surface area contributed by atoms with Crippen LogP contribution < -0.4 is 10.2 Å². The van der Waals surface area contributed by atoms with Crippen LogP contribution in [0.1, 0.15) is 46.6 Å². The van der Waals surface area contributed by atoms with Crippen molar-refractivity contribution in [1.29, 1.82) is 0 Å². The number of aryl methyl sites for hydroxylation is 3. The maximum Gasteiger partial charge on any atom is 0.271 e. The van der Waals surface area contributed by atoms with E-state index in [1.165, 1.54) is 23.0 Å². The zero-order valence-electron chi connectivity index (χ0n) is 18.6.